The van der Waals surface area contributed by atoms with E-state index in [1.165, 1.54) is 11.0 Å². The molecular formula is C31H37F2N3O5S. The van der Waals surface area contributed by atoms with Crippen LogP contribution >= 0.6 is 0 Å². The molecule has 0 aliphatic carbocycles. The van der Waals surface area contributed by atoms with Crippen LogP contribution in [-0.4, -0.2) is 57.6 Å². The van der Waals surface area contributed by atoms with E-state index in [0.717, 1.165) is 40.2 Å². The zero-order chi connectivity index (χ0) is 30.7. The lowest BCUT2D eigenvalue weighted by molar-refractivity contribution is -0.141. The van der Waals surface area contributed by atoms with Crippen LogP contribution in [-0.2, 0) is 32.6 Å². The Morgan fingerprint density at radius 1 is 0.952 bits per heavy atom. The standard InChI is InChI=1S/C31H37F2N3O5S/c1-4-17-34-31(38)29(20-23-10-6-5-7-11-23)35(22-24-12-8-13-26(19-24)41-2)30(37)14-9-18-36(42(3,39)40)25-15-16-27(32)28(33)21-25/h5-8,10-13,15-16,19,21,29H,4,9,14,17-18,20,22H2,1-3H3,(H,34,38)/t29-/m1/s1. The van der Waals surface area contributed by atoms with Crippen molar-refractivity contribution in [2.45, 2.75) is 45.2 Å². The molecule has 2 amide bonds. The number of nitrogens with one attached hydrogen (secondary N) is 1. The van der Waals surface area contributed by atoms with Gasteiger partial charge in [-0.3, -0.25) is 13.9 Å². The summed E-state index contributed by atoms with van der Waals surface area (Å²) in [5.74, 6) is -2.32. The van der Waals surface area contributed by atoms with Gasteiger partial charge in [0.2, 0.25) is 21.8 Å². The SMILES string of the molecule is CCCNC(=O)[C@@H](Cc1ccccc1)N(Cc1cccc(OC)c1)C(=O)CCCN(c1ccc(F)c(F)c1)S(C)(=O)=O. The number of sulfonamides is 1. The Kier molecular flexibility index (Phi) is 11.8. The van der Waals surface area contributed by atoms with Gasteiger partial charge in [-0.05, 0) is 48.2 Å². The second kappa shape index (κ2) is 15.3. The Bertz CT molecular complexity index is 1450. The monoisotopic (exact) mass is 601 g/mol. The fourth-order valence-corrected chi connectivity index (χ4v) is 5.49. The number of halogens is 2. The molecule has 0 fully saturated rings. The highest BCUT2D eigenvalue weighted by atomic mass is 32.2. The summed E-state index contributed by atoms with van der Waals surface area (Å²) in [6.45, 7) is 2.36. The van der Waals surface area contributed by atoms with Gasteiger partial charge in [-0.1, -0.05) is 49.4 Å². The van der Waals surface area contributed by atoms with Gasteiger partial charge in [0.1, 0.15) is 11.8 Å². The predicted molar refractivity (Wildman–Crippen MR) is 159 cm³/mol. The topological polar surface area (TPSA) is 96.0 Å². The zero-order valence-electron chi connectivity index (χ0n) is 24.1. The number of hydrogen-bond acceptors (Lipinski definition) is 5. The third-order valence-electron chi connectivity index (χ3n) is 6.65. The maximum Gasteiger partial charge on any atom is 0.243 e. The van der Waals surface area contributed by atoms with E-state index in [-0.39, 0.29) is 49.9 Å². The van der Waals surface area contributed by atoms with Crippen molar-refractivity contribution in [3.8, 4) is 5.75 Å². The maximum atomic E-state index is 13.9. The van der Waals surface area contributed by atoms with Gasteiger partial charge in [-0.25, -0.2) is 17.2 Å². The van der Waals surface area contributed by atoms with Gasteiger partial charge in [0.15, 0.2) is 11.6 Å². The molecule has 3 rings (SSSR count). The van der Waals surface area contributed by atoms with Gasteiger partial charge in [0.25, 0.3) is 0 Å². The van der Waals surface area contributed by atoms with Gasteiger partial charge in [0, 0.05) is 38.5 Å². The minimum atomic E-state index is -3.86. The van der Waals surface area contributed by atoms with Crippen molar-refractivity contribution >= 4 is 27.5 Å². The largest absolute Gasteiger partial charge is 0.497 e. The van der Waals surface area contributed by atoms with E-state index in [4.69, 9.17) is 4.74 Å². The van der Waals surface area contributed by atoms with Crippen LogP contribution in [0.3, 0.4) is 0 Å². The van der Waals surface area contributed by atoms with Crippen LogP contribution in [0.25, 0.3) is 0 Å². The Labute approximate surface area is 246 Å². The number of carbonyl (C=O) groups excluding carboxylic acids is 2. The number of benzene rings is 3. The highest BCUT2D eigenvalue weighted by molar-refractivity contribution is 7.92. The molecule has 8 nitrogen and oxygen atoms in total. The van der Waals surface area contributed by atoms with E-state index in [1.807, 2.05) is 43.3 Å². The molecule has 3 aromatic carbocycles. The van der Waals surface area contributed by atoms with Crippen LogP contribution < -0.4 is 14.4 Å². The molecule has 226 valence electrons. The van der Waals surface area contributed by atoms with E-state index in [2.05, 4.69) is 5.32 Å². The molecule has 0 spiro atoms. The van der Waals surface area contributed by atoms with Crippen LogP contribution in [0.1, 0.15) is 37.3 Å². The minimum Gasteiger partial charge on any atom is -0.497 e. The van der Waals surface area contributed by atoms with Crippen LogP contribution in [0.15, 0.2) is 72.8 Å². The number of anilines is 1. The van der Waals surface area contributed by atoms with E-state index in [0.29, 0.717) is 12.3 Å². The quantitative estimate of drug-likeness (QED) is 0.273. The first-order valence-corrected chi connectivity index (χ1v) is 15.5. The molecule has 0 aromatic heterocycles. The van der Waals surface area contributed by atoms with Gasteiger partial charge in [-0.2, -0.15) is 0 Å². The Morgan fingerprint density at radius 2 is 1.67 bits per heavy atom. The summed E-state index contributed by atoms with van der Waals surface area (Å²) in [6.07, 6.45) is 1.94. The minimum absolute atomic E-state index is 0.0435. The van der Waals surface area contributed by atoms with Crippen molar-refractivity contribution in [3.63, 3.8) is 0 Å². The number of ether oxygens (including phenoxy) is 1. The molecule has 0 aliphatic rings. The molecule has 1 N–H and O–H groups in total. The third kappa shape index (κ3) is 9.27. The van der Waals surface area contributed by atoms with E-state index in [1.54, 1.807) is 25.3 Å². The van der Waals surface area contributed by atoms with E-state index < -0.39 is 27.7 Å². The van der Waals surface area contributed by atoms with Crippen molar-refractivity contribution in [1.29, 1.82) is 0 Å². The van der Waals surface area contributed by atoms with Crippen molar-refractivity contribution in [1.82, 2.24) is 10.2 Å². The zero-order valence-corrected chi connectivity index (χ0v) is 24.9. The number of nitrogens with zero attached hydrogens (tertiary/aromatic N) is 2. The summed E-state index contributed by atoms with van der Waals surface area (Å²) in [6, 6.07) is 18.6. The molecule has 0 saturated carbocycles. The average Bonchev–Trinajstić information content (AvgIpc) is 2.97. The van der Waals surface area contributed by atoms with Crippen LogP contribution in [0, 0.1) is 11.6 Å². The second-order valence-electron chi connectivity index (χ2n) is 9.91. The first kappa shape index (κ1) is 32.5. The fraction of sp³-hybridized carbons (Fsp3) is 0.355. The number of amides is 2. The van der Waals surface area contributed by atoms with Crippen LogP contribution in [0.4, 0.5) is 14.5 Å². The molecule has 1 atom stereocenters. The molecule has 42 heavy (non-hydrogen) atoms. The van der Waals surface area contributed by atoms with E-state index >= 15 is 0 Å². The molecule has 11 heteroatoms. The number of methoxy groups -OCH3 is 1. The molecule has 0 aliphatic heterocycles. The van der Waals surface area contributed by atoms with E-state index in [9.17, 15) is 26.8 Å². The molecule has 0 saturated heterocycles. The smallest absolute Gasteiger partial charge is 0.243 e. The average molecular weight is 602 g/mol. The van der Waals surface area contributed by atoms with Crippen molar-refractivity contribution < 1.29 is 31.5 Å². The summed E-state index contributed by atoms with van der Waals surface area (Å²) in [7, 11) is -2.32. The lowest BCUT2D eigenvalue weighted by Gasteiger charge is -2.32. The fourth-order valence-electron chi connectivity index (χ4n) is 4.53. The molecule has 0 radical (unpaired) electrons. The summed E-state index contributed by atoms with van der Waals surface area (Å²) < 4.78 is 58.6. The van der Waals surface area contributed by atoms with Gasteiger partial charge in [-0.15, -0.1) is 0 Å². The molecule has 3 aromatic rings. The first-order valence-electron chi connectivity index (χ1n) is 13.7. The van der Waals surface area contributed by atoms with Crippen molar-refractivity contribution in [3.05, 3.63) is 95.6 Å². The van der Waals surface area contributed by atoms with Gasteiger partial charge < -0.3 is 15.0 Å². The predicted octanol–water partition coefficient (Wildman–Crippen LogP) is 4.69. The van der Waals surface area contributed by atoms with Gasteiger partial charge in [0.05, 0.1) is 19.1 Å². The summed E-state index contributed by atoms with van der Waals surface area (Å²) in [5.41, 5.74) is 1.58. The highest BCUT2D eigenvalue weighted by Crippen LogP contribution is 2.23. The summed E-state index contributed by atoms with van der Waals surface area (Å²) in [4.78, 5) is 28.8. The third-order valence-corrected chi connectivity index (χ3v) is 7.84. The van der Waals surface area contributed by atoms with Gasteiger partial charge >= 0.3 is 0 Å². The maximum absolute atomic E-state index is 13.9. The molecule has 0 unspecified atom stereocenters. The summed E-state index contributed by atoms with van der Waals surface area (Å²) >= 11 is 0. The number of rotatable bonds is 15. The van der Waals surface area contributed by atoms with Crippen molar-refractivity contribution in [2.75, 3.05) is 30.8 Å². The number of carbonyl (C=O) groups is 2. The highest BCUT2D eigenvalue weighted by Gasteiger charge is 2.30. The lowest BCUT2D eigenvalue weighted by Crippen LogP contribution is -2.50. The Morgan fingerprint density at radius 3 is 2.31 bits per heavy atom. The summed E-state index contributed by atoms with van der Waals surface area (Å²) in [5, 5.41) is 2.91. The molecular weight excluding hydrogens is 564 g/mol. The van der Waals surface area contributed by atoms with Crippen LogP contribution in [0.2, 0.25) is 0 Å². The number of hydrogen-bond donors (Lipinski definition) is 1. The lowest BCUT2D eigenvalue weighted by atomic mass is 10.0. The first-order chi connectivity index (χ1) is 20.0. The van der Waals surface area contributed by atoms with Crippen molar-refractivity contribution in [2.24, 2.45) is 0 Å². The normalized spacial score (nSPS) is 11.9. The molecule has 0 heterocycles. The molecule has 0 bridgehead atoms. The Balaban J connectivity index is 1.89. The van der Waals surface area contributed by atoms with Crippen LogP contribution in [0.5, 0.6) is 5.75 Å². The Hall–Kier alpha value is -3.99. The second-order valence-corrected chi connectivity index (χ2v) is 11.8.